The Bertz CT molecular complexity index is 340. The Morgan fingerprint density at radius 2 is 2.25 bits per heavy atom. The van der Waals surface area contributed by atoms with Gasteiger partial charge < -0.3 is 15.4 Å². The molecule has 3 heteroatoms. The van der Waals surface area contributed by atoms with Crippen molar-refractivity contribution in [2.75, 3.05) is 32.5 Å². The van der Waals surface area contributed by atoms with Gasteiger partial charge in [-0.05, 0) is 38.6 Å². The number of nitrogen functional groups attached to an aromatic ring is 1. The number of nitrogens with zero attached hydrogens (tertiary/aromatic N) is 1. The third kappa shape index (κ3) is 2.89. The van der Waals surface area contributed by atoms with Gasteiger partial charge in [0.05, 0.1) is 12.3 Å². The number of ether oxygens (including phenoxy) is 1. The quantitative estimate of drug-likeness (QED) is 0.792. The average molecular weight is 220 g/mol. The highest BCUT2D eigenvalue weighted by molar-refractivity contribution is 5.51. The highest BCUT2D eigenvalue weighted by Gasteiger charge is 2.17. The summed E-state index contributed by atoms with van der Waals surface area (Å²) in [6.45, 7) is 3.12. The summed E-state index contributed by atoms with van der Waals surface area (Å²) >= 11 is 0. The van der Waals surface area contributed by atoms with Gasteiger partial charge in [-0.15, -0.1) is 0 Å². The molecule has 1 atom stereocenters. The van der Waals surface area contributed by atoms with Crippen LogP contribution >= 0.6 is 0 Å². The minimum absolute atomic E-state index is 0.637. The maximum Gasteiger partial charge on any atom is 0.142 e. The SMILES string of the molecule is CN1CCCC(COc2ccccc2N)C1. The first-order valence-electron chi connectivity index (χ1n) is 5.91. The van der Waals surface area contributed by atoms with E-state index < -0.39 is 0 Å². The zero-order valence-corrected chi connectivity index (χ0v) is 9.86. The zero-order valence-electron chi connectivity index (χ0n) is 9.86. The number of hydrogen-bond acceptors (Lipinski definition) is 3. The smallest absolute Gasteiger partial charge is 0.142 e. The van der Waals surface area contributed by atoms with E-state index in [1.165, 1.54) is 19.4 Å². The van der Waals surface area contributed by atoms with E-state index in [0.717, 1.165) is 24.6 Å². The van der Waals surface area contributed by atoms with Gasteiger partial charge in [-0.1, -0.05) is 12.1 Å². The van der Waals surface area contributed by atoms with E-state index in [2.05, 4.69) is 11.9 Å². The van der Waals surface area contributed by atoms with Gasteiger partial charge in [-0.2, -0.15) is 0 Å². The predicted octanol–water partition coefficient (Wildman–Crippen LogP) is 1.99. The number of para-hydroxylation sites is 2. The molecule has 1 aromatic carbocycles. The summed E-state index contributed by atoms with van der Waals surface area (Å²) in [5.41, 5.74) is 6.56. The summed E-state index contributed by atoms with van der Waals surface area (Å²) in [6, 6.07) is 7.69. The molecule has 2 N–H and O–H groups in total. The monoisotopic (exact) mass is 220 g/mol. The number of piperidine rings is 1. The fraction of sp³-hybridized carbons (Fsp3) is 0.538. The molecule has 0 spiro atoms. The number of anilines is 1. The summed E-state index contributed by atoms with van der Waals surface area (Å²) in [5, 5.41) is 0. The second-order valence-corrected chi connectivity index (χ2v) is 4.62. The summed E-state index contributed by atoms with van der Waals surface area (Å²) in [6.07, 6.45) is 2.53. The van der Waals surface area contributed by atoms with Gasteiger partial charge in [0.25, 0.3) is 0 Å². The largest absolute Gasteiger partial charge is 0.491 e. The standard InChI is InChI=1S/C13H20N2O/c1-15-8-4-5-11(9-15)10-16-13-7-3-2-6-12(13)14/h2-3,6-7,11H,4-5,8-10,14H2,1H3. The summed E-state index contributed by atoms with van der Waals surface area (Å²) in [4.78, 5) is 2.37. The number of hydrogen-bond donors (Lipinski definition) is 1. The minimum atomic E-state index is 0.637. The Kier molecular flexibility index (Phi) is 3.67. The van der Waals surface area contributed by atoms with Crippen LogP contribution < -0.4 is 10.5 Å². The Morgan fingerprint density at radius 1 is 1.44 bits per heavy atom. The van der Waals surface area contributed by atoms with Crippen LogP contribution in [-0.2, 0) is 0 Å². The maximum absolute atomic E-state index is 5.83. The molecule has 1 aliphatic heterocycles. The van der Waals surface area contributed by atoms with Gasteiger partial charge in [0.15, 0.2) is 0 Å². The van der Waals surface area contributed by atoms with Crippen LogP contribution in [0.1, 0.15) is 12.8 Å². The lowest BCUT2D eigenvalue weighted by atomic mass is 10.00. The van der Waals surface area contributed by atoms with Crippen molar-refractivity contribution in [1.29, 1.82) is 0 Å². The zero-order chi connectivity index (χ0) is 11.4. The van der Waals surface area contributed by atoms with E-state index >= 15 is 0 Å². The van der Waals surface area contributed by atoms with Crippen molar-refractivity contribution >= 4 is 5.69 Å². The highest BCUT2D eigenvalue weighted by Crippen LogP contribution is 2.22. The molecule has 88 valence electrons. The van der Waals surface area contributed by atoms with Gasteiger partial charge in [0.2, 0.25) is 0 Å². The maximum atomic E-state index is 5.83. The summed E-state index contributed by atoms with van der Waals surface area (Å²) in [5.74, 6) is 1.45. The topological polar surface area (TPSA) is 38.5 Å². The fourth-order valence-electron chi connectivity index (χ4n) is 2.23. The molecule has 1 heterocycles. The van der Waals surface area contributed by atoms with Gasteiger partial charge in [0.1, 0.15) is 5.75 Å². The van der Waals surface area contributed by atoms with Crippen molar-refractivity contribution in [3.05, 3.63) is 24.3 Å². The molecule has 2 rings (SSSR count). The van der Waals surface area contributed by atoms with Crippen LogP contribution in [0, 0.1) is 5.92 Å². The van der Waals surface area contributed by atoms with Crippen LogP contribution in [0.3, 0.4) is 0 Å². The second-order valence-electron chi connectivity index (χ2n) is 4.62. The van der Waals surface area contributed by atoms with Crippen molar-refractivity contribution in [2.45, 2.75) is 12.8 Å². The third-order valence-corrected chi connectivity index (χ3v) is 3.12. The Morgan fingerprint density at radius 3 is 3.00 bits per heavy atom. The molecule has 0 radical (unpaired) electrons. The Balaban J connectivity index is 1.85. The summed E-state index contributed by atoms with van der Waals surface area (Å²) in [7, 11) is 2.17. The van der Waals surface area contributed by atoms with E-state index in [1.807, 2.05) is 24.3 Å². The third-order valence-electron chi connectivity index (χ3n) is 3.12. The van der Waals surface area contributed by atoms with Crippen molar-refractivity contribution in [2.24, 2.45) is 5.92 Å². The Labute approximate surface area is 97.2 Å². The van der Waals surface area contributed by atoms with E-state index in [-0.39, 0.29) is 0 Å². The molecule has 0 saturated carbocycles. The molecule has 0 amide bonds. The highest BCUT2D eigenvalue weighted by atomic mass is 16.5. The number of likely N-dealkylation sites (tertiary alicyclic amines) is 1. The molecule has 1 saturated heterocycles. The average Bonchev–Trinajstić information content (AvgIpc) is 2.28. The molecule has 0 bridgehead atoms. The lowest BCUT2D eigenvalue weighted by Gasteiger charge is -2.29. The lowest BCUT2D eigenvalue weighted by Crippen LogP contribution is -2.34. The van der Waals surface area contributed by atoms with Crippen LogP contribution in [0.4, 0.5) is 5.69 Å². The number of nitrogens with two attached hydrogens (primary N) is 1. The summed E-state index contributed by atoms with van der Waals surface area (Å²) < 4.78 is 5.77. The Hall–Kier alpha value is -1.22. The van der Waals surface area contributed by atoms with Gasteiger partial charge in [0, 0.05) is 12.5 Å². The molecule has 16 heavy (non-hydrogen) atoms. The van der Waals surface area contributed by atoms with Crippen LogP contribution in [0.25, 0.3) is 0 Å². The minimum Gasteiger partial charge on any atom is -0.491 e. The normalized spacial score (nSPS) is 21.9. The van der Waals surface area contributed by atoms with E-state index in [1.54, 1.807) is 0 Å². The van der Waals surface area contributed by atoms with Crippen molar-refractivity contribution in [3.8, 4) is 5.75 Å². The lowest BCUT2D eigenvalue weighted by molar-refractivity contribution is 0.151. The molecule has 1 fully saturated rings. The van der Waals surface area contributed by atoms with Gasteiger partial charge in [-0.3, -0.25) is 0 Å². The molecule has 3 nitrogen and oxygen atoms in total. The molecule has 1 unspecified atom stereocenters. The molecule has 1 aliphatic rings. The molecular weight excluding hydrogens is 200 g/mol. The van der Waals surface area contributed by atoms with Crippen molar-refractivity contribution < 1.29 is 4.74 Å². The van der Waals surface area contributed by atoms with Gasteiger partial charge in [-0.25, -0.2) is 0 Å². The molecular formula is C13H20N2O. The first kappa shape index (κ1) is 11.3. The number of benzene rings is 1. The predicted molar refractivity (Wildman–Crippen MR) is 66.6 cm³/mol. The van der Waals surface area contributed by atoms with Crippen molar-refractivity contribution in [3.63, 3.8) is 0 Å². The number of rotatable bonds is 3. The first-order chi connectivity index (χ1) is 7.75. The van der Waals surface area contributed by atoms with Gasteiger partial charge >= 0.3 is 0 Å². The van der Waals surface area contributed by atoms with Crippen LogP contribution in [0.5, 0.6) is 5.75 Å². The second kappa shape index (κ2) is 5.21. The van der Waals surface area contributed by atoms with E-state index in [9.17, 15) is 0 Å². The fourth-order valence-corrected chi connectivity index (χ4v) is 2.23. The van der Waals surface area contributed by atoms with E-state index in [0.29, 0.717) is 5.92 Å². The first-order valence-corrected chi connectivity index (χ1v) is 5.91. The molecule has 0 aliphatic carbocycles. The van der Waals surface area contributed by atoms with E-state index in [4.69, 9.17) is 10.5 Å². The molecule has 1 aromatic rings. The van der Waals surface area contributed by atoms with Crippen LogP contribution in [-0.4, -0.2) is 31.6 Å². The van der Waals surface area contributed by atoms with Crippen LogP contribution in [0.15, 0.2) is 24.3 Å². The van der Waals surface area contributed by atoms with Crippen molar-refractivity contribution in [1.82, 2.24) is 4.90 Å². The van der Waals surface area contributed by atoms with Crippen LogP contribution in [0.2, 0.25) is 0 Å². The molecule has 0 aromatic heterocycles.